The highest BCUT2D eigenvalue weighted by Gasteiger charge is 2.28. The predicted molar refractivity (Wildman–Crippen MR) is 50.6 cm³/mol. The van der Waals surface area contributed by atoms with Gasteiger partial charge in [0.2, 0.25) is 0 Å². The van der Waals surface area contributed by atoms with E-state index in [0.717, 1.165) is 6.42 Å². The zero-order valence-corrected chi connectivity index (χ0v) is 10.1. The molecule has 0 aromatic rings. The third kappa shape index (κ3) is 3.96. The van der Waals surface area contributed by atoms with E-state index >= 15 is 0 Å². The Kier molecular flexibility index (Phi) is 4.98. The largest absolute Gasteiger partial charge is 0.378 e. The number of methoxy groups -OCH3 is 1. The summed E-state index contributed by atoms with van der Waals surface area (Å²) in [6.45, 7) is 2.06. The summed E-state index contributed by atoms with van der Waals surface area (Å²) < 4.78 is 4.86. The van der Waals surface area contributed by atoms with Gasteiger partial charge in [-0.2, -0.15) is 0 Å². The van der Waals surface area contributed by atoms with Crippen molar-refractivity contribution in [1.29, 1.82) is 0 Å². The molecule has 0 spiro atoms. The molecule has 0 rings (SSSR count). The SMILES string of the molecule is CCC(OC)C(Br)(Br)Br. The topological polar surface area (TPSA) is 9.23 Å². The third-order valence-electron chi connectivity index (χ3n) is 1.02. The molecule has 0 aliphatic rings. The van der Waals surface area contributed by atoms with Gasteiger partial charge in [-0.1, -0.05) is 54.7 Å². The Morgan fingerprint density at radius 3 is 1.89 bits per heavy atom. The number of rotatable bonds is 2. The minimum Gasteiger partial charge on any atom is -0.378 e. The van der Waals surface area contributed by atoms with Crippen molar-refractivity contribution in [3.63, 3.8) is 0 Å². The molecule has 56 valence electrons. The molecule has 4 heteroatoms. The molecule has 0 saturated heterocycles. The van der Waals surface area contributed by atoms with Crippen LogP contribution in [0.3, 0.4) is 0 Å². The Labute approximate surface area is 80.9 Å². The summed E-state index contributed by atoms with van der Waals surface area (Å²) in [5.41, 5.74) is 0. The smallest absolute Gasteiger partial charge is 0.160 e. The number of hydrogen-bond donors (Lipinski definition) is 0. The van der Waals surface area contributed by atoms with Crippen LogP contribution in [0.2, 0.25) is 0 Å². The second-order valence-electron chi connectivity index (χ2n) is 1.67. The number of alkyl halides is 3. The summed E-state index contributed by atoms with van der Waals surface area (Å²) in [5.74, 6) is 0. The molecule has 0 N–H and O–H groups in total. The van der Waals surface area contributed by atoms with Gasteiger partial charge >= 0.3 is 0 Å². The molecule has 0 aliphatic heterocycles. The minimum atomic E-state index is -0.267. The van der Waals surface area contributed by atoms with Crippen molar-refractivity contribution in [3.05, 3.63) is 0 Å². The summed E-state index contributed by atoms with van der Waals surface area (Å²) in [6.07, 6.45) is 1.11. The molecule has 0 radical (unpaired) electrons. The monoisotopic (exact) mass is 322 g/mol. The van der Waals surface area contributed by atoms with Crippen molar-refractivity contribution in [3.8, 4) is 0 Å². The zero-order valence-electron chi connectivity index (χ0n) is 5.33. The van der Waals surface area contributed by atoms with E-state index in [0.29, 0.717) is 0 Å². The van der Waals surface area contributed by atoms with Crippen molar-refractivity contribution in [2.75, 3.05) is 7.11 Å². The van der Waals surface area contributed by atoms with Crippen molar-refractivity contribution < 1.29 is 4.74 Å². The molecule has 0 heterocycles. The molecule has 0 bridgehead atoms. The average molecular weight is 325 g/mol. The molecule has 9 heavy (non-hydrogen) atoms. The lowest BCUT2D eigenvalue weighted by Gasteiger charge is -2.22. The molecule has 1 unspecified atom stereocenters. The Bertz CT molecular complexity index is 74.8. The van der Waals surface area contributed by atoms with Gasteiger partial charge in [-0.3, -0.25) is 0 Å². The van der Waals surface area contributed by atoms with Crippen LogP contribution in [-0.4, -0.2) is 15.4 Å². The lowest BCUT2D eigenvalue weighted by molar-refractivity contribution is 0.111. The molecule has 0 amide bonds. The molecule has 0 saturated carbocycles. The first-order chi connectivity index (χ1) is 4.02. The van der Waals surface area contributed by atoms with E-state index in [1.54, 1.807) is 7.11 Å². The number of ether oxygens (including phenoxy) is 1. The van der Waals surface area contributed by atoms with Gasteiger partial charge in [0, 0.05) is 7.11 Å². The van der Waals surface area contributed by atoms with Crippen LogP contribution in [0, 0.1) is 0 Å². The van der Waals surface area contributed by atoms with Crippen LogP contribution in [0.15, 0.2) is 0 Å². The van der Waals surface area contributed by atoms with Gasteiger partial charge in [0.05, 0.1) is 6.10 Å². The van der Waals surface area contributed by atoms with Crippen LogP contribution in [0.25, 0.3) is 0 Å². The summed E-state index contributed by atoms with van der Waals surface area (Å²) >= 11 is 10.1. The number of hydrogen-bond acceptors (Lipinski definition) is 1. The fourth-order valence-electron chi connectivity index (χ4n) is 0.532. The number of halogens is 3. The van der Waals surface area contributed by atoms with E-state index in [1.807, 2.05) is 0 Å². The molecule has 0 aromatic heterocycles. The normalized spacial score (nSPS) is 15.7. The molecule has 0 fully saturated rings. The quantitative estimate of drug-likeness (QED) is 0.709. The fourth-order valence-corrected chi connectivity index (χ4v) is 2.06. The van der Waals surface area contributed by atoms with Gasteiger partial charge in [-0.25, -0.2) is 0 Å². The summed E-state index contributed by atoms with van der Waals surface area (Å²) in [7, 11) is 1.69. The first-order valence-electron chi connectivity index (χ1n) is 2.61. The standard InChI is InChI=1S/C5H9Br3O/c1-3-4(9-2)5(6,7)8/h4H,3H2,1-2H3. The van der Waals surface area contributed by atoms with Crippen LogP contribution >= 0.6 is 47.8 Å². The van der Waals surface area contributed by atoms with Gasteiger partial charge < -0.3 is 4.74 Å². The Hall–Kier alpha value is 1.40. The first-order valence-corrected chi connectivity index (χ1v) is 4.99. The molecule has 1 nitrogen and oxygen atoms in total. The van der Waals surface area contributed by atoms with E-state index in [4.69, 9.17) is 4.74 Å². The van der Waals surface area contributed by atoms with E-state index in [-0.39, 0.29) is 8.25 Å². The van der Waals surface area contributed by atoms with E-state index in [9.17, 15) is 0 Å². The minimum absolute atomic E-state index is 0.150. The average Bonchev–Trinajstić information content (AvgIpc) is 1.65. The fraction of sp³-hybridized carbons (Fsp3) is 1.00. The molecular formula is C5H9Br3O. The van der Waals surface area contributed by atoms with Crippen molar-refractivity contribution in [2.45, 2.75) is 21.6 Å². The van der Waals surface area contributed by atoms with Gasteiger partial charge in [0.25, 0.3) is 0 Å². The summed E-state index contributed by atoms with van der Waals surface area (Å²) in [4.78, 5) is 0. The predicted octanol–water partition coefficient (Wildman–Crippen LogP) is 3.25. The lowest BCUT2D eigenvalue weighted by atomic mass is 10.3. The third-order valence-corrected chi connectivity index (χ3v) is 2.55. The molecule has 1 atom stereocenters. The summed E-state index contributed by atoms with van der Waals surface area (Å²) in [6, 6.07) is 0. The van der Waals surface area contributed by atoms with E-state index in [1.165, 1.54) is 0 Å². The van der Waals surface area contributed by atoms with Crippen molar-refractivity contribution in [2.24, 2.45) is 0 Å². The first kappa shape index (κ1) is 10.4. The van der Waals surface area contributed by atoms with Crippen LogP contribution in [0.4, 0.5) is 0 Å². The second-order valence-corrected chi connectivity index (χ2v) is 8.62. The molecule has 0 aliphatic carbocycles. The Balaban J connectivity index is 3.79. The maximum absolute atomic E-state index is 5.12. The highest BCUT2D eigenvalue weighted by Crippen LogP contribution is 2.39. The Morgan fingerprint density at radius 2 is 1.89 bits per heavy atom. The highest BCUT2D eigenvalue weighted by atomic mass is 80.0. The van der Waals surface area contributed by atoms with Gasteiger partial charge in [0.1, 0.15) is 0 Å². The van der Waals surface area contributed by atoms with Crippen LogP contribution in [0.5, 0.6) is 0 Å². The summed E-state index contributed by atoms with van der Waals surface area (Å²) in [5, 5.41) is 0. The van der Waals surface area contributed by atoms with Crippen molar-refractivity contribution in [1.82, 2.24) is 0 Å². The van der Waals surface area contributed by atoms with Crippen LogP contribution in [0.1, 0.15) is 13.3 Å². The molecule has 0 aromatic carbocycles. The van der Waals surface area contributed by atoms with Gasteiger partial charge in [-0.15, -0.1) is 0 Å². The van der Waals surface area contributed by atoms with Gasteiger partial charge in [0.15, 0.2) is 2.14 Å². The molecular weight excluding hydrogens is 316 g/mol. The zero-order chi connectivity index (χ0) is 7.49. The lowest BCUT2D eigenvalue weighted by Crippen LogP contribution is -2.24. The van der Waals surface area contributed by atoms with Crippen molar-refractivity contribution >= 4 is 47.8 Å². The Morgan fingerprint density at radius 1 is 1.44 bits per heavy atom. The van der Waals surface area contributed by atoms with E-state index in [2.05, 4.69) is 54.7 Å². The van der Waals surface area contributed by atoms with E-state index < -0.39 is 0 Å². The second kappa shape index (κ2) is 4.31. The maximum atomic E-state index is 5.12. The van der Waals surface area contributed by atoms with Crippen LogP contribution < -0.4 is 0 Å². The van der Waals surface area contributed by atoms with Gasteiger partial charge in [-0.05, 0) is 6.42 Å². The van der Waals surface area contributed by atoms with Crippen LogP contribution in [-0.2, 0) is 4.74 Å². The highest BCUT2D eigenvalue weighted by molar-refractivity contribution is 9.39. The maximum Gasteiger partial charge on any atom is 0.160 e.